The second-order valence-electron chi connectivity index (χ2n) is 4.94. The molecule has 18 heavy (non-hydrogen) atoms. The van der Waals surface area contributed by atoms with Gasteiger partial charge in [0.2, 0.25) is 0 Å². The van der Waals surface area contributed by atoms with E-state index >= 15 is 0 Å². The Bertz CT molecular complexity index is 620. The fourth-order valence-electron chi connectivity index (χ4n) is 2.38. The SMILES string of the molecule is CC(=O)c1cc(C)n(-c2ccc(C)c(C)c2)c1C. The first-order valence-corrected chi connectivity index (χ1v) is 6.19. The molecule has 0 bridgehead atoms. The molecule has 0 aliphatic carbocycles. The smallest absolute Gasteiger partial charge is 0.161 e. The minimum absolute atomic E-state index is 0.123. The van der Waals surface area contributed by atoms with Crippen molar-refractivity contribution in [1.82, 2.24) is 4.57 Å². The van der Waals surface area contributed by atoms with Crippen molar-refractivity contribution in [2.45, 2.75) is 34.6 Å². The van der Waals surface area contributed by atoms with Gasteiger partial charge in [0.15, 0.2) is 5.78 Å². The lowest BCUT2D eigenvalue weighted by molar-refractivity contribution is 0.101. The van der Waals surface area contributed by atoms with Crippen LogP contribution >= 0.6 is 0 Å². The van der Waals surface area contributed by atoms with Crippen LogP contribution in [0.1, 0.15) is 39.8 Å². The number of rotatable bonds is 2. The number of carbonyl (C=O) groups is 1. The predicted molar refractivity (Wildman–Crippen MR) is 74.7 cm³/mol. The van der Waals surface area contributed by atoms with E-state index in [-0.39, 0.29) is 5.78 Å². The molecule has 0 radical (unpaired) electrons. The molecule has 0 aliphatic rings. The summed E-state index contributed by atoms with van der Waals surface area (Å²) in [4.78, 5) is 11.6. The van der Waals surface area contributed by atoms with Gasteiger partial charge in [-0.05, 0) is 63.9 Å². The summed E-state index contributed by atoms with van der Waals surface area (Å²) in [7, 11) is 0. The van der Waals surface area contributed by atoms with Gasteiger partial charge < -0.3 is 4.57 Å². The zero-order valence-electron chi connectivity index (χ0n) is 11.7. The van der Waals surface area contributed by atoms with E-state index in [0.717, 1.165) is 22.6 Å². The van der Waals surface area contributed by atoms with Crippen molar-refractivity contribution in [2.75, 3.05) is 0 Å². The highest BCUT2D eigenvalue weighted by Crippen LogP contribution is 2.22. The molecule has 0 saturated heterocycles. The van der Waals surface area contributed by atoms with Gasteiger partial charge in [-0.15, -0.1) is 0 Å². The average molecular weight is 241 g/mol. The number of hydrogen-bond acceptors (Lipinski definition) is 1. The minimum atomic E-state index is 0.123. The second kappa shape index (κ2) is 4.45. The maximum atomic E-state index is 11.6. The van der Waals surface area contributed by atoms with Crippen molar-refractivity contribution in [2.24, 2.45) is 0 Å². The zero-order chi connectivity index (χ0) is 13.4. The normalized spacial score (nSPS) is 10.7. The molecule has 1 aromatic carbocycles. The quantitative estimate of drug-likeness (QED) is 0.730. The number of ketones is 1. The van der Waals surface area contributed by atoms with E-state index < -0.39 is 0 Å². The first-order valence-electron chi connectivity index (χ1n) is 6.19. The number of hydrogen-bond donors (Lipinski definition) is 0. The van der Waals surface area contributed by atoms with Gasteiger partial charge in [0, 0.05) is 22.6 Å². The first kappa shape index (κ1) is 12.6. The molecule has 0 N–H and O–H groups in total. The molecule has 94 valence electrons. The van der Waals surface area contributed by atoms with E-state index in [9.17, 15) is 4.79 Å². The largest absolute Gasteiger partial charge is 0.318 e. The second-order valence-corrected chi connectivity index (χ2v) is 4.94. The highest BCUT2D eigenvalue weighted by molar-refractivity contribution is 5.95. The van der Waals surface area contributed by atoms with Gasteiger partial charge in [-0.1, -0.05) is 6.07 Å². The minimum Gasteiger partial charge on any atom is -0.318 e. The summed E-state index contributed by atoms with van der Waals surface area (Å²) in [6.07, 6.45) is 0. The number of Topliss-reactive ketones (excluding diaryl/α,β-unsaturated/α-hetero) is 1. The van der Waals surface area contributed by atoms with Crippen LogP contribution in [0, 0.1) is 27.7 Å². The average Bonchev–Trinajstić information content (AvgIpc) is 2.59. The van der Waals surface area contributed by atoms with Crippen molar-refractivity contribution in [3.8, 4) is 5.69 Å². The van der Waals surface area contributed by atoms with Gasteiger partial charge >= 0.3 is 0 Å². The molecule has 0 amide bonds. The Morgan fingerprint density at radius 3 is 2.17 bits per heavy atom. The lowest BCUT2D eigenvalue weighted by Crippen LogP contribution is -2.01. The van der Waals surface area contributed by atoms with Gasteiger partial charge in [0.05, 0.1) is 0 Å². The molecule has 0 aliphatic heterocycles. The molecule has 0 saturated carbocycles. The van der Waals surface area contributed by atoms with Crippen LogP contribution in [-0.2, 0) is 0 Å². The van der Waals surface area contributed by atoms with Crippen molar-refractivity contribution >= 4 is 5.78 Å². The van der Waals surface area contributed by atoms with E-state index in [0.29, 0.717) is 0 Å². The Balaban J connectivity index is 2.64. The first-order chi connectivity index (χ1) is 8.41. The van der Waals surface area contributed by atoms with Crippen LogP contribution in [0.25, 0.3) is 5.69 Å². The zero-order valence-corrected chi connectivity index (χ0v) is 11.7. The van der Waals surface area contributed by atoms with E-state index in [1.165, 1.54) is 11.1 Å². The molecule has 2 rings (SSSR count). The van der Waals surface area contributed by atoms with E-state index in [1.807, 2.05) is 19.9 Å². The summed E-state index contributed by atoms with van der Waals surface area (Å²) in [5.74, 6) is 0.123. The van der Waals surface area contributed by atoms with Gasteiger partial charge in [-0.2, -0.15) is 0 Å². The molecule has 1 heterocycles. The topological polar surface area (TPSA) is 22.0 Å². The molecule has 0 fully saturated rings. The Morgan fingerprint density at radius 1 is 1.00 bits per heavy atom. The molecule has 1 aromatic heterocycles. The molecule has 2 aromatic rings. The third-order valence-electron chi connectivity index (χ3n) is 3.56. The van der Waals surface area contributed by atoms with Gasteiger partial charge in [0.1, 0.15) is 0 Å². The van der Waals surface area contributed by atoms with E-state index in [1.54, 1.807) is 6.92 Å². The van der Waals surface area contributed by atoms with Crippen LogP contribution in [0.2, 0.25) is 0 Å². The molecule has 0 spiro atoms. The number of aromatic nitrogens is 1. The van der Waals surface area contributed by atoms with Gasteiger partial charge in [0.25, 0.3) is 0 Å². The van der Waals surface area contributed by atoms with Crippen molar-refractivity contribution < 1.29 is 4.79 Å². The van der Waals surface area contributed by atoms with E-state index in [2.05, 4.69) is 36.6 Å². The number of carbonyl (C=O) groups excluding carboxylic acids is 1. The molecular weight excluding hydrogens is 222 g/mol. The highest BCUT2D eigenvalue weighted by Gasteiger charge is 2.13. The van der Waals surface area contributed by atoms with Crippen molar-refractivity contribution in [3.63, 3.8) is 0 Å². The summed E-state index contributed by atoms with van der Waals surface area (Å²) in [5.41, 5.74) is 6.60. The standard InChI is InChI=1S/C16H19NO/c1-10-6-7-15(8-11(10)2)17-12(3)9-16(13(17)4)14(5)18/h6-9H,1-5H3. The summed E-state index contributed by atoms with van der Waals surface area (Å²) in [5, 5.41) is 0. The summed E-state index contributed by atoms with van der Waals surface area (Å²) >= 11 is 0. The van der Waals surface area contributed by atoms with Crippen LogP contribution in [-0.4, -0.2) is 10.4 Å². The lowest BCUT2D eigenvalue weighted by atomic mass is 10.1. The predicted octanol–water partition coefficient (Wildman–Crippen LogP) is 3.91. The van der Waals surface area contributed by atoms with Crippen LogP contribution < -0.4 is 0 Å². The van der Waals surface area contributed by atoms with Crippen molar-refractivity contribution in [1.29, 1.82) is 0 Å². The fraction of sp³-hybridized carbons (Fsp3) is 0.312. The van der Waals surface area contributed by atoms with Crippen LogP contribution in [0.4, 0.5) is 0 Å². The van der Waals surface area contributed by atoms with Crippen LogP contribution in [0.15, 0.2) is 24.3 Å². The molecular formula is C16H19NO. The Morgan fingerprint density at radius 2 is 1.67 bits per heavy atom. The lowest BCUT2D eigenvalue weighted by Gasteiger charge is -2.11. The van der Waals surface area contributed by atoms with Crippen molar-refractivity contribution in [3.05, 3.63) is 52.3 Å². The molecule has 0 atom stereocenters. The monoisotopic (exact) mass is 241 g/mol. The maximum absolute atomic E-state index is 11.6. The van der Waals surface area contributed by atoms with Gasteiger partial charge in [-0.25, -0.2) is 0 Å². The summed E-state index contributed by atoms with van der Waals surface area (Å²) in [6.45, 7) is 9.87. The highest BCUT2D eigenvalue weighted by atomic mass is 16.1. The number of benzene rings is 1. The van der Waals surface area contributed by atoms with E-state index in [4.69, 9.17) is 0 Å². The van der Waals surface area contributed by atoms with Crippen LogP contribution in [0.5, 0.6) is 0 Å². The third-order valence-corrected chi connectivity index (χ3v) is 3.56. The van der Waals surface area contributed by atoms with Gasteiger partial charge in [-0.3, -0.25) is 4.79 Å². The Labute approximate surface area is 108 Å². The molecule has 0 unspecified atom stereocenters. The maximum Gasteiger partial charge on any atom is 0.161 e. The summed E-state index contributed by atoms with van der Waals surface area (Å²) in [6, 6.07) is 8.36. The number of aryl methyl sites for hydroxylation is 3. The third kappa shape index (κ3) is 1.99. The fourth-order valence-corrected chi connectivity index (χ4v) is 2.38. The summed E-state index contributed by atoms with van der Waals surface area (Å²) < 4.78 is 2.14. The van der Waals surface area contributed by atoms with Crippen LogP contribution in [0.3, 0.4) is 0 Å². The number of nitrogens with zero attached hydrogens (tertiary/aromatic N) is 1. The molecule has 2 nitrogen and oxygen atoms in total. The Kier molecular flexibility index (Phi) is 3.12. The Hall–Kier alpha value is -1.83. The molecule has 2 heteroatoms.